The molecule has 3 heteroatoms. The number of hydrogen-bond donors (Lipinski definition) is 0. The van der Waals surface area contributed by atoms with Crippen molar-refractivity contribution in [3.8, 4) is 16.9 Å². The predicted octanol–water partition coefficient (Wildman–Crippen LogP) is 4.35. The molecule has 0 fully saturated rings. The molecule has 0 aliphatic carbocycles. The summed E-state index contributed by atoms with van der Waals surface area (Å²) in [5.74, 6) is 1.13. The van der Waals surface area contributed by atoms with Crippen molar-refractivity contribution in [1.82, 2.24) is 9.55 Å². The Balaban J connectivity index is 1.97. The minimum absolute atomic E-state index is 0.894. The van der Waals surface area contributed by atoms with Gasteiger partial charge in [-0.15, -0.1) is 0 Å². The number of rotatable bonds is 1. The van der Waals surface area contributed by atoms with Crippen molar-refractivity contribution >= 4 is 10.8 Å². The maximum Gasteiger partial charge on any atom is 0.214 e. The van der Waals surface area contributed by atoms with E-state index >= 15 is 0 Å². The molecule has 4 aromatic rings. The fraction of sp³-hybridized carbons (Fsp3) is 0.217. The Kier molecular flexibility index (Phi) is 3.11. The van der Waals surface area contributed by atoms with Crippen LogP contribution in [0.15, 0.2) is 48.9 Å². The predicted molar refractivity (Wildman–Crippen MR) is 105 cm³/mol. The van der Waals surface area contributed by atoms with Crippen molar-refractivity contribution in [2.45, 2.75) is 27.2 Å². The van der Waals surface area contributed by atoms with Crippen LogP contribution in [-0.4, -0.2) is 9.55 Å². The van der Waals surface area contributed by atoms with Gasteiger partial charge in [-0.25, -0.2) is 9.55 Å². The molecule has 0 bridgehead atoms. The number of imidazole rings is 1. The molecule has 128 valence electrons. The lowest BCUT2D eigenvalue weighted by molar-refractivity contribution is -0.660. The molecule has 1 aliphatic heterocycles. The minimum atomic E-state index is 0.894. The van der Waals surface area contributed by atoms with Gasteiger partial charge in [0.2, 0.25) is 5.69 Å². The monoisotopic (exact) mass is 340 g/mol. The molecule has 2 aromatic carbocycles. The van der Waals surface area contributed by atoms with Crippen LogP contribution < -0.4 is 4.57 Å². The largest absolute Gasteiger partial charge is 0.302 e. The summed E-state index contributed by atoms with van der Waals surface area (Å²) in [6.45, 7) is 6.62. The zero-order valence-electron chi connectivity index (χ0n) is 15.7. The highest BCUT2D eigenvalue weighted by atomic mass is 15.1. The van der Waals surface area contributed by atoms with Gasteiger partial charge in [-0.1, -0.05) is 24.3 Å². The molecule has 1 aliphatic rings. The molecule has 5 rings (SSSR count). The van der Waals surface area contributed by atoms with Crippen molar-refractivity contribution < 1.29 is 4.57 Å². The third-order valence-electron chi connectivity index (χ3n) is 5.85. The van der Waals surface area contributed by atoms with E-state index in [0.29, 0.717) is 0 Å². The summed E-state index contributed by atoms with van der Waals surface area (Å²) in [7, 11) is 2.15. The van der Waals surface area contributed by atoms with Crippen molar-refractivity contribution in [2.24, 2.45) is 7.05 Å². The fourth-order valence-electron chi connectivity index (χ4n) is 4.38. The second-order valence-corrected chi connectivity index (χ2v) is 7.40. The molecule has 3 nitrogen and oxygen atoms in total. The highest BCUT2D eigenvalue weighted by Gasteiger charge is 2.30. The maximum absolute atomic E-state index is 4.59. The lowest BCUT2D eigenvalue weighted by Crippen LogP contribution is -2.32. The molecule has 0 saturated carbocycles. The van der Waals surface area contributed by atoms with Gasteiger partial charge in [0.15, 0.2) is 6.20 Å². The third-order valence-corrected chi connectivity index (χ3v) is 5.85. The number of aromatic nitrogens is 3. The molecule has 2 aromatic heterocycles. The van der Waals surface area contributed by atoms with Crippen LogP contribution in [0.4, 0.5) is 0 Å². The summed E-state index contributed by atoms with van der Waals surface area (Å²) in [4.78, 5) is 4.59. The number of pyridine rings is 1. The van der Waals surface area contributed by atoms with Crippen molar-refractivity contribution in [2.75, 3.05) is 0 Å². The molecule has 0 atom stereocenters. The summed E-state index contributed by atoms with van der Waals surface area (Å²) in [5.41, 5.74) is 9.24. The smallest absolute Gasteiger partial charge is 0.214 e. The van der Waals surface area contributed by atoms with Gasteiger partial charge in [0.25, 0.3) is 0 Å². The van der Waals surface area contributed by atoms with Crippen LogP contribution in [0.3, 0.4) is 0 Å². The van der Waals surface area contributed by atoms with Gasteiger partial charge in [-0.05, 0) is 48.2 Å². The summed E-state index contributed by atoms with van der Waals surface area (Å²) in [6.07, 6.45) is 7.13. The molecule has 0 saturated heterocycles. The lowest BCUT2D eigenvalue weighted by Gasteiger charge is -2.16. The van der Waals surface area contributed by atoms with E-state index in [1.54, 1.807) is 0 Å². The number of benzene rings is 2. The first-order chi connectivity index (χ1) is 12.6. The Morgan fingerprint density at radius 1 is 1.04 bits per heavy atom. The van der Waals surface area contributed by atoms with Crippen LogP contribution in [0.5, 0.6) is 0 Å². The number of aryl methyl sites for hydroxylation is 4. The molecular weight excluding hydrogens is 318 g/mol. The molecule has 0 spiro atoms. The van der Waals surface area contributed by atoms with Crippen molar-refractivity contribution in [3.63, 3.8) is 0 Å². The van der Waals surface area contributed by atoms with E-state index in [2.05, 4.69) is 84.7 Å². The van der Waals surface area contributed by atoms with E-state index in [9.17, 15) is 0 Å². The Bertz CT molecular complexity index is 1200. The Hall–Kier alpha value is -2.94. The number of hydrogen-bond acceptors (Lipinski definition) is 1. The van der Waals surface area contributed by atoms with Crippen LogP contribution in [0.25, 0.3) is 27.7 Å². The first-order valence-electron chi connectivity index (χ1n) is 9.10. The lowest BCUT2D eigenvalue weighted by atomic mass is 9.90. The normalized spacial score (nSPS) is 12.5. The Morgan fingerprint density at radius 3 is 2.62 bits per heavy atom. The molecular formula is C23H22N3+. The highest BCUT2D eigenvalue weighted by molar-refractivity contribution is 5.99. The van der Waals surface area contributed by atoms with E-state index in [1.165, 1.54) is 50.0 Å². The zero-order chi connectivity index (χ0) is 18.0. The number of nitrogens with zero attached hydrogens (tertiary/aromatic N) is 3. The minimum Gasteiger partial charge on any atom is -0.302 e. The summed E-state index contributed by atoms with van der Waals surface area (Å²) >= 11 is 0. The van der Waals surface area contributed by atoms with Gasteiger partial charge in [-0.2, -0.15) is 0 Å². The Morgan fingerprint density at radius 2 is 1.81 bits per heavy atom. The first kappa shape index (κ1) is 15.3. The van der Waals surface area contributed by atoms with Gasteiger partial charge >= 0.3 is 0 Å². The maximum atomic E-state index is 4.59. The van der Waals surface area contributed by atoms with Crippen LogP contribution in [-0.2, 0) is 13.5 Å². The molecule has 0 radical (unpaired) electrons. The van der Waals surface area contributed by atoms with E-state index in [-0.39, 0.29) is 0 Å². The summed E-state index contributed by atoms with van der Waals surface area (Å²) in [6, 6.07) is 11.1. The third kappa shape index (κ3) is 1.94. The van der Waals surface area contributed by atoms with E-state index < -0.39 is 0 Å². The second kappa shape index (κ2) is 5.28. The zero-order valence-corrected chi connectivity index (χ0v) is 15.7. The molecule has 26 heavy (non-hydrogen) atoms. The van der Waals surface area contributed by atoms with Gasteiger partial charge in [-0.3, -0.25) is 0 Å². The second-order valence-electron chi connectivity index (χ2n) is 7.40. The SMILES string of the molecule is Cc1cc(-c2c3c(c4ccccc4c2C)Cc2nccn2-3)[n+](C)cc1C. The summed E-state index contributed by atoms with van der Waals surface area (Å²) < 4.78 is 4.54. The van der Waals surface area contributed by atoms with Crippen LogP contribution in [0.1, 0.15) is 28.1 Å². The molecule has 0 amide bonds. The average Bonchev–Trinajstić information content (AvgIpc) is 3.21. The first-order valence-corrected chi connectivity index (χ1v) is 9.10. The summed E-state index contributed by atoms with van der Waals surface area (Å²) in [5, 5.41) is 2.69. The van der Waals surface area contributed by atoms with Crippen molar-refractivity contribution in [3.05, 3.63) is 77.0 Å². The average molecular weight is 340 g/mol. The molecule has 3 heterocycles. The van der Waals surface area contributed by atoms with E-state index in [4.69, 9.17) is 0 Å². The molecule has 0 N–H and O–H groups in total. The van der Waals surface area contributed by atoms with Crippen LogP contribution in [0.2, 0.25) is 0 Å². The quantitative estimate of drug-likeness (QED) is 0.416. The fourth-order valence-corrected chi connectivity index (χ4v) is 4.38. The van der Waals surface area contributed by atoms with Crippen LogP contribution >= 0.6 is 0 Å². The highest BCUT2D eigenvalue weighted by Crippen LogP contribution is 2.42. The van der Waals surface area contributed by atoms with Gasteiger partial charge in [0, 0.05) is 30.4 Å². The van der Waals surface area contributed by atoms with Crippen LogP contribution in [0, 0.1) is 20.8 Å². The van der Waals surface area contributed by atoms with Gasteiger partial charge in [0.05, 0.1) is 11.3 Å². The van der Waals surface area contributed by atoms with Crippen molar-refractivity contribution in [1.29, 1.82) is 0 Å². The number of fused-ring (bicyclic) bond motifs is 5. The van der Waals surface area contributed by atoms with Gasteiger partial charge in [0.1, 0.15) is 12.9 Å². The van der Waals surface area contributed by atoms with E-state index in [0.717, 1.165) is 12.2 Å². The standard InChI is InChI=1S/C23H22N3/c1-14-11-20(25(4)13-15(14)2)22-16(3)17-7-5-6-8-18(17)19-12-21-24-9-10-26(21)23(19)22/h5-11,13H,12H2,1-4H3/q+1. The van der Waals surface area contributed by atoms with Gasteiger partial charge < -0.3 is 4.57 Å². The Labute approximate surface area is 153 Å². The topological polar surface area (TPSA) is 21.7 Å². The molecule has 0 unspecified atom stereocenters. The van der Waals surface area contributed by atoms with E-state index in [1.807, 2.05) is 6.20 Å².